The average Bonchev–Trinajstić information content (AvgIpc) is 3.33. The van der Waals surface area contributed by atoms with E-state index in [4.69, 9.17) is 26.1 Å². The largest absolute Gasteiger partial charge is 0.495 e. The summed E-state index contributed by atoms with van der Waals surface area (Å²) in [5.41, 5.74) is 2.65. The van der Waals surface area contributed by atoms with E-state index >= 15 is 0 Å². The number of para-hydroxylation sites is 1. The highest BCUT2D eigenvalue weighted by Gasteiger charge is 2.18. The Morgan fingerprint density at radius 1 is 1.10 bits per heavy atom. The molecular formula is C22H20N2O4S2. The number of carbonyl (C=O) groups is 1. The fourth-order valence-electron chi connectivity index (χ4n) is 3.25. The Kier molecular flexibility index (Phi) is 5.61. The van der Waals surface area contributed by atoms with Gasteiger partial charge in [-0.25, -0.2) is 4.79 Å². The van der Waals surface area contributed by atoms with E-state index in [1.807, 2.05) is 49.4 Å². The first-order valence-corrected chi connectivity index (χ1v) is 10.5. The Morgan fingerprint density at radius 3 is 2.63 bits per heavy atom. The van der Waals surface area contributed by atoms with Crippen LogP contribution in [0.2, 0.25) is 0 Å². The van der Waals surface area contributed by atoms with Crippen LogP contribution in [0.4, 0.5) is 10.7 Å². The highest BCUT2D eigenvalue weighted by Crippen LogP contribution is 2.36. The zero-order valence-electron chi connectivity index (χ0n) is 16.7. The molecule has 8 heteroatoms. The zero-order valence-corrected chi connectivity index (χ0v) is 18.3. The standard InChI is InChI=1S/C22H20N2O4S2/c1-4-12-9-15(21(25)27-3)20(30-12)24-22(29)23-16-11-18-14(10-19(16)26-2)13-7-5-6-8-17(13)28-18/h5-11H,4H2,1-3H3,(H2,23,24,29). The van der Waals surface area contributed by atoms with Crippen molar-refractivity contribution in [2.75, 3.05) is 24.9 Å². The number of rotatable bonds is 5. The molecule has 4 aromatic rings. The van der Waals surface area contributed by atoms with E-state index < -0.39 is 5.97 Å². The molecule has 2 aromatic carbocycles. The van der Waals surface area contributed by atoms with E-state index in [-0.39, 0.29) is 0 Å². The second kappa shape index (κ2) is 8.33. The Balaban J connectivity index is 1.64. The highest BCUT2D eigenvalue weighted by molar-refractivity contribution is 7.80. The molecule has 2 aromatic heterocycles. The molecule has 0 atom stereocenters. The van der Waals surface area contributed by atoms with Crippen LogP contribution in [-0.4, -0.2) is 25.3 Å². The Hall–Kier alpha value is -3.10. The molecule has 0 aliphatic heterocycles. The van der Waals surface area contributed by atoms with E-state index in [2.05, 4.69) is 10.6 Å². The number of benzene rings is 2. The van der Waals surface area contributed by atoms with Gasteiger partial charge in [0.05, 0.1) is 25.5 Å². The summed E-state index contributed by atoms with van der Waals surface area (Å²) in [6.45, 7) is 2.03. The average molecular weight is 441 g/mol. The number of hydrogen-bond acceptors (Lipinski definition) is 6. The van der Waals surface area contributed by atoms with Crippen molar-refractivity contribution in [3.8, 4) is 5.75 Å². The number of hydrogen-bond donors (Lipinski definition) is 2. The van der Waals surface area contributed by atoms with Gasteiger partial charge in [-0.1, -0.05) is 25.1 Å². The lowest BCUT2D eigenvalue weighted by Gasteiger charge is -2.13. The molecular weight excluding hydrogens is 420 g/mol. The SMILES string of the molecule is CCc1cc(C(=O)OC)c(NC(=S)Nc2cc3oc4ccccc4c3cc2OC)s1. The highest BCUT2D eigenvalue weighted by atomic mass is 32.1. The number of thiophene rings is 1. The number of ether oxygens (including phenoxy) is 2. The van der Waals surface area contributed by atoms with Gasteiger partial charge in [0.15, 0.2) is 5.11 Å². The monoisotopic (exact) mass is 440 g/mol. The number of aryl methyl sites for hydroxylation is 1. The van der Waals surface area contributed by atoms with Gasteiger partial charge in [0.25, 0.3) is 0 Å². The number of methoxy groups -OCH3 is 2. The van der Waals surface area contributed by atoms with Gasteiger partial charge in [0, 0.05) is 21.7 Å². The molecule has 0 aliphatic carbocycles. The van der Waals surface area contributed by atoms with Crippen LogP contribution >= 0.6 is 23.6 Å². The van der Waals surface area contributed by atoms with Crippen molar-refractivity contribution in [2.24, 2.45) is 0 Å². The number of thiocarbonyl (C=S) groups is 1. The summed E-state index contributed by atoms with van der Waals surface area (Å²) in [5, 5.41) is 9.21. The van der Waals surface area contributed by atoms with Crippen molar-refractivity contribution in [1.29, 1.82) is 0 Å². The zero-order chi connectivity index (χ0) is 21.3. The predicted molar refractivity (Wildman–Crippen MR) is 125 cm³/mol. The lowest BCUT2D eigenvalue weighted by Crippen LogP contribution is -2.20. The van der Waals surface area contributed by atoms with Crippen LogP contribution in [0.3, 0.4) is 0 Å². The first-order valence-electron chi connectivity index (χ1n) is 9.32. The number of fused-ring (bicyclic) bond motifs is 3. The fraction of sp³-hybridized carbons (Fsp3) is 0.182. The van der Waals surface area contributed by atoms with E-state index in [0.717, 1.165) is 33.2 Å². The molecule has 0 saturated heterocycles. The summed E-state index contributed by atoms with van der Waals surface area (Å²) in [6.07, 6.45) is 0.813. The summed E-state index contributed by atoms with van der Waals surface area (Å²) in [4.78, 5) is 13.1. The minimum atomic E-state index is -0.405. The summed E-state index contributed by atoms with van der Waals surface area (Å²) < 4.78 is 16.4. The third-order valence-corrected chi connectivity index (χ3v) is 6.11. The lowest BCUT2D eigenvalue weighted by molar-refractivity contribution is 0.0602. The van der Waals surface area contributed by atoms with E-state index in [0.29, 0.717) is 27.1 Å². The van der Waals surface area contributed by atoms with Crippen molar-refractivity contribution < 1.29 is 18.7 Å². The van der Waals surface area contributed by atoms with Gasteiger partial charge in [-0.2, -0.15) is 0 Å². The van der Waals surface area contributed by atoms with Crippen LogP contribution in [0.25, 0.3) is 21.9 Å². The molecule has 0 aliphatic rings. The quantitative estimate of drug-likeness (QED) is 0.299. The van der Waals surface area contributed by atoms with Crippen LogP contribution in [-0.2, 0) is 11.2 Å². The van der Waals surface area contributed by atoms with Gasteiger partial charge in [0.2, 0.25) is 0 Å². The second-order valence-electron chi connectivity index (χ2n) is 6.53. The topological polar surface area (TPSA) is 72.7 Å². The molecule has 0 bridgehead atoms. The van der Waals surface area contributed by atoms with Crippen LogP contribution in [0, 0.1) is 0 Å². The number of anilines is 2. The van der Waals surface area contributed by atoms with E-state index in [9.17, 15) is 4.79 Å². The van der Waals surface area contributed by atoms with Crippen LogP contribution < -0.4 is 15.4 Å². The molecule has 6 nitrogen and oxygen atoms in total. The normalized spacial score (nSPS) is 10.9. The molecule has 0 fully saturated rings. The number of esters is 1. The maximum atomic E-state index is 12.1. The fourth-order valence-corrected chi connectivity index (χ4v) is 4.51. The molecule has 30 heavy (non-hydrogen) atoms. The van der Waals surface area contributed by atoms with Gasteiger partial charge in [-0.15, -0.1) is 11.3 Å². The predicted octanol–water partition coefficient (Wildman–Crippen LogP) is 5.81. The first-order chi connectivity index (χ1) is 14.5. The van der Waals surface area contributed by atoms with Crippen molar-refractivity contribution in [3.63, 3.8) is 0 Å². The van der Waals surface area contributed by atoms with Gasteiger partial charge >= 0.3 is 5.97 Å². The smallest absolute Gasteiger partial charge is 0.340 e. The third kappa shape index (κ3) is 3.71. The Bertz CT molecular complexity index is 1260. The summed E-state index contributed by atoms with van der Waals surface area (Å²) >= 11 is 6.96. The molecule has 0 amide bonds. The molecule has 0 radical (unpaired) electrons. The van der Waals surface area contributed by atoms with Gasteiger partial charge in [-0.05, 0) is 36.8 Å². The molecule has 0 unspecified atom stereocenters. The minimum Gasteiger partial charge on any atom is -0.495 e. The summed E-state index contributed by atoms with van der Waals surface area (Å²) in [5.74, 6) is 0.226. The number of nitrogens with one attached hydrogen (secondary N) is 2. The Morgan fingerprint density at radius 2 is 1.90 bits per heavy atom. The lowest BCUT2D eigenvalue weighted by atomic mass is 10.1. The maximum Gasteiger partial charge on any atom is 0.340 e. The molecule has 154 valence electrons. The third-order valence-electron chi connectivity index (χ3n) is 4.71. The maximum absolute atomic E-state index is 12.1. The molecule has 0 saturated carbocycles. The van der Waals surface area contributed by atoms with Crippen LogP contribution in [0.1, 0.15) is 22.2 Å². The van der Waals surface area contributed by atoms with Crippen molar-refractivity contribution in [1.82, 2.24) is 0 Å². The van der Waals surface area contributed by atoms with Crippen LogP contribution in [0.15, 0.2) is 46.9 Å². The molecule has 4 rings (SSSR count). The van der Waals surface area contributed by atoms with Crippen molar-refractivity contribution in [2.45, 2.75) is 13.3 Å². The number of carbonyl (C=O) groups excluding carboxylic acids is 1. The molecule has 2 heterocycles. The second-order valence-corrected chi connectivity index (χ2v) is 8.07. The first kappa shape index (κ1) is 20.2. The van der Waals surface area contributed by atoms with E-state index in [1.165, 1.54) is 18.4 Å². The van der Waals surface area contributed by atoms with Gasteiger partial charge < -0.3 is 24.5 Å². The van der Waals surface area contributed by atoms with Crippen LogP contribution in [0.5, 0.6) is 5.75 Å². The Labute approximate surface area is 182 Å². The van der Waals surface area contributed by atoms with Gasteiger partial charge in [-0.3, -0.25) is 0 Å². The van der Waals surface area contributed by atoms with Gasteiger partial charge in [0.1, 0.15) is 21.9 Å². The van der Waals surface area contributed by atoms with E-state index in [1.54, 1.807) is 7.11 Å². The minimum absolute atomic E-state index is 0.332. The summed E-state index contributed by atoms with van der Waals surface area (Å²) in [6, 6.07) is 13.4. The van der Waals surface area contributed by atoms with Crippen molar-refractivity contribution in [3.05, 3.63) is 52.9 Å². The number of furan rings is 1. The molecule has 0 spiro atoms. The van der Waals surface area contributed by atoms with Crippen molar-refractivity contribution >= 4 is 67.3 Å². The molecule has 2 N–H and O–H groups in total. The summed E-state index contributed by atoms with van der Waals surface area (Å²) in [7, 11) is 2.96.